The van der Waals surface area contributed by atoms with Gasteiger partial charge in [0.25, 0.3) is 0 Å². The third kappa shape index (κ3) is 3.77. The van der Waals surface area contributed by atoms with Crippen LogP contribution in [-0.2, 0) is 0 Å². The van der Waals surface area contributed by atoms with E-state index in [1.807, 2.05) is 31.3 Å². The molecule has 4 heteroatoms. The highest BCUT2D eigenvalue weighted by molar-refractivity contribution is 5.27. The molecule has 0 saturated carbocycles. The molecule has 0 bridgehead atoms. The lowest BCUT2D eigenvalue weighted by Gasteiger charge is -2.21. The van der Waals surface area contributed by atoms with Crippen molar-refractivity contribution in [3.63, 3.8) is 0 Å². The molecule has 0 fully saturated rings. The Bertz CT molecular complexity index is 307. The molecular weight excluding hydrogens is 200 g/mol. The van der Waals surface area contributed by atoms with Crippen LogP contribution in [0.25, 0.3) is 0 Å². The molecule has 0 aliphatic rings. The summed E-state index contributed by atoms with van der Waals surface area (Å²) in [7, 11) is 2.00. The summed E-state index contributed by atoms with van der Waals surface area (Å²) in [5.74, 6) is 1.29. The van der Waals surface area contributed by atoms with Gasteiger partial charge in [-0.3, -0.25) is 0 Å². The Labute approximate surface area is 97.9 Å². The van der Waals surface area contributed by atoms with E-state index in [1.165, 1.54) is 0 Å². The molecule has 1 unspecified atom stereocenters. The zero-order valence-electron chi connectivity index (χ0n) is 10.6. The topological polar surface area (TPSA) is 55.0 Å². The number of hydrogen-bond donors (Lipinski definition) is 1. The highest BCUT2D eigenvalue weighted by Gasteiger charge is 2.10. The van der Waals surface area contributed by atoms with Crippen LogP contribution in [0.15, 0.2) is 12.4 Å². The van der Waals surface area contributed by atoms with E-state index < -0.39 is 0 Å². The second-order valence-electron chi connectivity index (χ2n) is 4.68. The van der Waals surface area contributed by atoms with Crippen molar-refractivity contribution >= 4 is 5.95 Å². The first-order valence-electron chi connectivity index (χ1n) is 5.76. The smallest absolute Gasteiger partial charge is 0.224 e. The fourth-order valence-electron chi connectivity index (χ4n) is 1.36. The van der Waals surface area contributed by atoms with Gasteiger partial charge in [-0.05, 0) is 24.8 Å². The van der Waals surface area contributed by atoms with Crippen LogP contribution in [0.2, 0.25) is 0 Å². The number of nitrogens with two attached hydrogens (primary N) is 1. The molecule has 0 aliphatic heterocycles. The van der Waals surface area contributed by atoms with Gasteiger partial charge in [0.15, 0.2) is 0 Å². The molecular formula is C12H22N4. The van der Waals surface area contributed by atoms with E-state index in [4.69, 9.17) is 5.73 Å². The zero-order chi connectivity index (χ0) is 12.1. The summed E-state index contributed by atoms with van der Waals surface area (Å²) in [6.45, 7) is 7.17. The number of aromatic nitrogens is 2. The third-order valence-corrected chi connectivity index (χ3v) is 2.76. The van der Waals surface area contributed by atoms with Crippen LogP contribution in [0.1, 0.15) is 25.8 Å². The molecule has 0 radical (unpaired) electrons. The molecule has 0 aliphatic carbocycles. The molecule has 1 heterocycles. The minimum absolute atomic E-state index is 0.243. The van der Waals surface area contributed by atoms with E-state index in [0.29, 0.717) is 5.92 Å². The van der Waals surface area contributed by atoms with Gasteiger partial charge in [-0.15, -0.1) is 0 Å². The maximum absolute atomic E-state index is 6.00. The number of nitrogens with zero attached hydrogens (tertiary/aromatic N) is 3. The first kappa shape index (κ1) is 12.9. The SMILES string of the molecule is Cc1cnc(N(C)CCC(N)C(C)C)nc1. The number of anilines is 1. The first-order valence-corrected chi connectivity index (χ1v) is 5.76. The maximum atomic E-state index is 6.00. The number of hydrogen-bond acceptors (Lipinski definition) is 4. The molecule has 1 aromatic heterocycles. The summed E-state index contributed by atoms with van der Waals surface area (Å²) < 4.78 is 0. The Morgan fingerprint density at radius 2 is 1.88 bits per heavy atom. The van der Waals surface area contributed by atoms with Crippen LogP contribution < -0.4 is 10.6 Å². The van der Waals surface area contributed by atoms with Crippen molar-refractivity contribution in [3.05, 3.63) is 18.0 Å². The van der Waals surface area contributed by atoms with E-state index in [9.17, 15) is 0 Å². The largest absolute Gasteiger partial charge is 0.344 e. The average Bonchev–Trinajstić information content (AvgIpc) is 2.26. The van der Waals surface area contributed by atoms with Crippen molar-refractivity contribution in [2.24, 2.45) is 11.7 Å². The first-order chi connectivity index (χ1) is 7.50. The fraction of sp³-hybridized carbons (Fsp3) is 0.667. The van der Waals surface area contributed by atoms with Crippen molar-refractivity contribution < 1.29 is 0 Å². The lowest BCUT2D eigenvalue weighted by molar-refractivity contribution is 0.465. The number of aryl methyl sites for hydroxylation is 1. The highest BCUT2D eigenvalue weighted by atomic mass is 15.2. The van der Waals surface area contributed by atoms with E-state index in [0.717, 1.165) is 24.5 Å². The molecule has 0 amide bonds. The molecule has 16 heavy (non-hydrogen) atoms. The summed E-state index contributed by atoms with van der Waals surface area (Å²) >= 11 is 0. The van der Waals surface area contributed by atoms with Gasteiger partial charge in [0.1, 0.15) is 0 Å². The lowest BCUT2D eigenvalue weighted by atomic mass is 10.0. The predicted octanol–water partition coefficient (Wildman–Crippen LogP) is 1.59. The second-order valence-corrected chi connectivity index (χ2v) is 4.68. The Balaban J connectivity index is 2.46. The van der Waals surface area contributed by atoms with Crippen LogP contribution in [0.4, 0.5) is 5.95 Å². The Morgan fingerprint density at radius 3 is 2.38 bits per heavy atom. The monoisotopic (exact) mass is 222 g/mol. The molecule has 4 nitrogen and oxygen atoms in total. The van der Waals surface area contributed by atoms with Gasteiger partial charge in [-0.25, -0.2) is 9.97 Å². The van der Waals surface area contributed by atoms with Gasteiger partial charge in [-0.1, -0.05) is 13.8 Å². The van der Waals surface area contributed by atoms with Crippen molar-refractivity contribution in [1.29, 1.82) is 0 Å². The normalized spacial score (nSPS) is 12.9. The highest BCUT2D eigenvalue weighted by Crippen LogP contribution is 2.08. The quantitative estimate of drug-likeness (QED) is 0.822. The van der Waals surface area contributed by atoms with Gasteiger partial charge in [0, 0.05) is 32.0 Å². The van der Waals surface area contributed by atoms with E-state index in [2.05, 4.69) is 23.8 Å². The van der Waals surface area contributed by atoms with Crippen molar-refractivity contribution in [2.45, 2.75) is 33.2 Å². The Kier molecular flexibility index (Phi) is 4.68. The summed E-state index contributed by atoms with van der Waals surface area (Å²) in [6.07, 6.45) is 4.63. The predicted molar refractivity (Wildman–Crippen MR) is 67.5 cm³/mol. The molecule has 0 spiro atoms. The van der Waals surface area contributed by atoms with Crippen LogP contribution in [0.5, 0.6) is 0 Å². The van der Waals surface area contributed by atoms with Crippen LogP contribution in [-0.4, -0.2) is 29.6 Å². The average molecular weight is 222 g/mol. The van der Waals surface area contributed by atoms with Crippen LogP contribution >= 0.6 is 0 Å². The van der Waals surface area contributed by atoms with E-state index in [1.54, 1.807) is 0 Å². The summed E-state index contributed by atoms with van der Waals surface area (Å²) in [4.78, 5) is 10.6. The molecule has 0 saturated heterocycles. The molecule has 1 rings (SSSR count). The Morgan fingerprint density at radius 1 is 1.31 bits per heavy atom. The lowest BCUT2D eigenvalue weighted by Crippen LogP contribution is -2.32. The molecule has 1 atom stereocenters. The molecule has 0 aromatic carbocycles. The number of rotatable bonds is 5. The molecule has 1 aromatic rings. The van der Waals surface area contributed by atoms with Gasteiger partial charge in [0.2, 0.25) is 5.95 Å². The summed E-state index contributed by atoms with van der Waals surface area (Å²) in [5, 5.41) is 0. The van der Waals surface area contributed by atoms with Crippen LogP contribution in [0, 0.1) is 12.8 Å². The van der Waals surface area contributed by atoms with Gasteiger partial charge >= 0.3 is 0 Å². The van der Waals surface area contributed by atoms with Gasteiger partial charge in [0.05, 0.1) is 0 Å². The molecule has 2 N–H and O–H groups in total. The summed E-state index contributed by atoms with van der Waals surface area (Å²) in [6, 6.07) is 0.243. The minimum atomic E-state index is 0.243. The third-order valence-electron chi connectivity index (χ3n) is 2.76. The second kappa shape index (κ2) is 5.80. The fourth-order valence-corrected chi connectivity index (χ4v) is 1.36. The van der Waals surface area contributed by atoms with Gasteiger partial charge in [-0.2, -0.15) is 0 Å². The van der Waals surface area contributed by atoms with Crippen molar-refractivity contribution in [3.8, 4) is 0 Å². The van der Waals surface area contributed by atoms with Crippen molar-refractivity contribution in [1.82, 2.24) is 9.97 Å². The standard InChI is InChI=1S/C12H22N4/c1-9(2)11(13)5-6-16(4)12-14-7-10(3)8-15-12/h7-9,11H,5-6,13H2,1-4H3. The van der Waals surface area contributed by atoms with Crippen molar-refractivity contribution in [2.75, 3.05) is 18.5 Å². The minimum Gasteiger partial charge on any atom is -0.344 e. The zero-order valence-corrected chi connectivity index (χ0v) is 10.6. The Hall–Kier alpha value is -1.16. The van der Waals surface area contributed by atoms with E-state index in [-0.39, 0.29) is 6.04 Å². The van der Waals surface area contributed by atoms with Crippen LogP contribution in [0.3, 0.4) is 0 Å². The summed E-state index contributed by atoms with van der Waals surface area (Å²) in [5.41, 5.74) is 7.08. The van der Waals surface area contributed by atoms with E-state index >= 15 is 0 Å². The van der Waals surface area contributed by atoms with Gasteiger partial charge < -0.3 is 10.6 Å². The molecule has 90 valence electrons. The maximum Gasteiger partial charge on any atom is 0.224 e.